The Balaban J connectivity index is 1.64. The summed E-state index contributed by atoms with van der Waals surface area (Å²) in [6.45, 7) is 1.53. The molecule has 0 spiro atoms. The number of hydrogen-bond donors (Lipinski definition) is 0. The quantitative estimate of drug-likeness (QED) is 0.808. The standard InChI is InChI=1S/C15H20N2O5S/c1-23(19,20)16-9-13-14(10-16)21-8-7-17(13)15(18)22-11-12-5-3-2-4-6-12/h2-6,13-14H,7-11H2,1H3/t13-,14+/m0/s1. The number of fused-ring (bicyclic) bond motifs is 1. The van der Waals surface area contributed by atoms with Crippen LogP contribution in [-0.4, -0.2) is 68.4 Å². The topological polar surface area (TPSA) is 76.2 Å². The van der Waals surface area contributed by atoms with Gasteiger partial charge >= 0.3 is 6.09 Å². The lowest BCUT2D eigenvalue weighted by atomic mass is 10.1. The molecular formula is C15H20N2O5S. The molecule has 8 heteroatoms. The molecule has 126 valence electrons. The molecule has 0 bridgehead atoms. The normalized spacial score (nSPS) is 25.2. The first-order chi connectivity index (χ1) is 10.9. The first-order valence-corrected chi connectivity index (χ1v) is 9.34. The van der Waals surface area contributed by atoms with E-state index in [-0.39, 0.29) is 31.8 Å². The van der Waals surface area contributed by atoms with E-state index in [0.29, 0.717) is 13.2 Å². The number of carbonyl (C=O) groups excluding carboxylic acids is 1. The minimum absolute atomic E-state index is 0.199. The van der Waals surface area contributed by atoms with Crippen molar-refractivity contribution in [1.82, 2.24) is 9.21 Å². The second-order valence-corrected chi connectivity index (χ2v) is 7.77. The molecule has 0 aromatic heterocycles. The second kappa shape index (κ2) is 6.46. The van der Waals surface area contributed by atoms with Crippen LogP contribution in [0.3, 0.4) is 0 Å². The summed E-state index contributed by atoms with van der Waals surface area (Å²) >= 11 is 0. The van der Waals surface area contributed by atoms with Crippen LogP contribution in [0.1, 0.15) is 5.56 Å². The summed E-state index contributed by atoms with van der Waals surface area (Å²) in [6, 6.07) is 9.15. The number of benzene rings is 1. The van der Waals surface area contributed by atoms with Gasteiger partial charge in [-0.25, -0.2) is 13.2 Å². The summed E-state index contributed by atoms with van der Waals surface area (Å²) in [5.41, 5.74) is 0.912. The van der Waals surface area contributed by atoms with E-state index in [1.54, 1.807) is 4.90 Å². The molecule has 23 heavy (non-hydrogen) atoms. The van der Waals surface area contributed by atoms with Gasteiger partial charge in [0.1, 0.15) is 6.61 Å². The van der Waals surface area contributed by atoms with E-state index in [0.717, 1.165) is 5.56 Å². The summed E-state index contributed by atoms with van der Waals surface area (Å²) in [5.74, 6) is 0. The van der Waals surface area contributed by atoms with Crippen molar-refractivity contribution < 1.29 is 22.7 Å². The van der Waals surface area contributed by atoms with Crippen LogP contribution in [0.15, 0.2) is 30.3 Å². The number of rotatable bonds is 3. The lowest BCUT2D eigenvalue weighted by Gasteiger charge is -2.35. The number of morpholine rings is 1. The van der Waals surface area contributed by atoms with E-state index in [1.165, 1.54) is 10.6 Å². The molecule has 1 aromatic rings. The van der Waals surface area contributed by atoms with Gasteiger partial charge in [0.05, 0.1) is 25.0 Å². The zero-order valence-electron chi connectivity index (χ0n) is 12.9. The SMILES string of the molecule is CS(=O)(=O)N1C[C@H]2OCCN(C(=O)OCc3ccccc3)[C@H]2C1. The van der Waals surface area contributed by atoms with E-state index in [4.69, 9.17) is 9.47 Å². The molecule has 2 fully saturated rings. The van der Waals surface area contributed by atoms with Gasteiger partial charge in [-0.1, -0.05) is 30.3 Å². The summed E-state index contributed by atoms with van der Waals surface area (Å²) in [7, 11) is -3.29. The monoisotopic (exact) mass is 340 g/mol. The Bertz CT molecular complexity index is 664. The van der Waals surface area contributed by atoms with E-state index in [2.05, 4.69) is 0 Å². The molecule has 1 aromatic carbocycles. The molecule has 0 radical (unpaired) electrons. The minimum Gasteiger partial charge on any atom is -0.445 e. The number of ether oxygens (including phenoxy) is 2. The molecule has 3 rings (SSSR count). The van der Waals surface area contributed by atoms with Crippen molar-refractivity contribution in [3.63, 3.8) is 0 Å². The average molecular weight is 340 g/mol. The lowest BCUT2D eigenvalue weighted by molar-refractivity contribution is -0.0443. The molecule has 2 aliphatic rings. The zero-order valence-corrected chi connectivity index (χ0v) is 13.7. The predicted molar refractivity (Wildman–Crippen MR) is 83.3 cm³/mol. The van der Waals surface area contributed by atoms with Crippen LogP contribution in [-0.2, 0) is 26.1 Å². The summed E-state index contributed by atoms with van der Waals surface area (Å²) in [5, 5.41) is 0. The van der Waals surface area contributed by atoms with Gasteiger partial charge in [-0.15, -0.1) is 0 Å². The highest BCUT2D eigenvalue weighted by atomic mass is 32.2. The van der Waals surface area contributed by atoms with Crippen LogP contribution in [0, 0.1) is 0 Å². The number of sulfonamides is 1. The van der Waals surface area contributed by atoms with Crippen LogP contribution in [0.25, 0.3) is 0 Å². The Morgan fingerprint density at radius 1 is 1.30 bits per heavy atom. The molecule has 2 atom stereocenters. The molecule has 0 unspecified atom stereocenters. The van der Waals surface area contributed by atoms with Crippen LogP contribution in [0.5, 0.6) is 0 Å². The molecule has 2 heterocycles. The first kappa shape index (κ1) is 16.2. The number of nitrogens with zero attached hydrogens (tertiary/aromatic N) is 2. The molecule has 0 saturated carbocycles. The Morgan fingerprint density at radius 2 is 2.04 bits per heavy atom. The van der Waals surface area contributed by atoms with Crippen molar-refractivity contribution in [3.05, 3.63) is 35.9 Å². The molecule has 7 nitrogen and oxygen atoms in total. The van der Waals surface area contributed by atoms with Crippen molar-refractivity contribution in [1.29, 1.82) is 0 Å². The Morgan fingerprint density at radius 3 is 2.74 bits per heavy atom. The average Bonchev–Trinajstić information content (AvgIpc) is 2.98. The van der Waals surface area contributed by atoms with Crippen molar-refractivity contribution >= 4 is 16.1 Å². The van der Waals surface area contributed by atoms with Gasteiger partial charge < -0.3 is 9.47 Å². The number of carbonyl (C=O) groups is 1. The van der Waals surface area contributed by atoms with Crippen LogP contribution in [0.4, 0.5) is 4.79 Å². The highest BCUT2D eigenvalue weighted by molar-refractivity contribution is 7.88. The van der Waals surface area contributed by atoms with Crippen LogP contribution >= 0.6 is 0 Å². The third-order valence-corrected chi connectivity index (χ3v) is 5.41. The summed E-state index contributed by atoms with van der Waals surface area (Å²) < 4.78 is 35.7. The van der Waals surface area contributed by atoms with Crippen molar-refractivity contribution in [2.24, 2.45) is 0 Å². The maximum atomic E-state index is 12.4. The highest BCUT2D eigenvalue weighted by Gasteiger charge is 2.45. The fourth-order valence-electron chi connectivity index (χ4n) is 2.95. The molecule has 0 N–H and O–H groups in total. The largest absolute Gasteiger partial charge is 0.445 e. The van der Waals surface area contributed by atoms with E-state index in [1.807, 2.05) is 30.3 Å². The smallest absolute Gasteiger partial charge is 0.410 e. The maximum Gasteiger partial charge on any atom is 0.410 e. The summed E-state index contributed by atoms with van der Waals surface area (Å²) in [6.07, 6.45) is 0.452. The Labute approximate surface area is 135 Å². The summed E-state index contributed by atoms with van der Waals surface area (Å²) in [4.78, 5) is 13.9. The van der Waals surface area contributed by atoms with Gasteiger partial charge in [0.2, 0.25) is 10.0 Å². The van der Waals surface area contributed by atoms with Crippen molar-refractivity contribution in [2.45, 2.75) is 18.8 Å². The van der Waals surface area contributed by atoms with Gasteiger partial charge in [-0.3, -0.25) is 4.90 Å². The first-order valence-electron chi connectivity index (χ1n) is 7.49. The number of hydrogen-bond acceptors (Lipinski definition) is 5. The predicted octanol–water partition coefficient (Wildman–Crippen LogP) is 0.668. The third kappa shape index (κ3) is 3.65. The number of amides is 1. The van der Waals surface area contributed by atoms with Crippen molar-refractivity contribution in [2.75, 3.05) is 32.5 Å². The van der Waals surface area contributed by atoms with E-state index in [9.17, 15) is 13.2 Å². The Kier molecular flexibility index (Phi) is 4.56. The molecule has 1 amide bonds. The maximum absolute atomic E-state index is 12.4. The van der Waals surface area contributed by atoms with Gasteiger partial charge in [0, 0.05) is 19.6 Å². The van der Waals surface area contributed by atoms with E-state index < -0.39 is 16.1 Å². The lowest BCUT2D eigenvalue weighted by Crippen LogP contribution is -2.53. The van der Waals surface area contributed by atoms with Gasteiger partial charge in [0.25, 0.3) is 0 Å². The van der Waals surface area contributed by atoms with Crippen LogP contribution in [0.2, 0.25) is 0 Å². The fourth-order valence-corrected chi connectivity index (χ4v) is 3.80. The van der Waals surface area contributed by atoms with Crippen molar-refractivity contribution in [3.8, 4) is 0 Å². The van der Waals surface area contributed by atoms with E-state index >= 15 is 0 Å². The highest BCUT2D eigenvalue weighted by Crippen LogP contribution is 2.25. The molecule has 0 aliphatic carbocycles. The third-order valence-electron chi connectivity index (χ3n) is 4.18. The second-order valence-electron chi connectivity index (χ2n) is 5.79. The van der Waals surface area contributed by atoms with Crippen LogP contribution < -0.4 is 0 Å². The van der Waals surface area contributed by atoms with Gasteiger partial charge in [-0.05, 0) is 5.56 Å². The Hall–Kier alpha value is -1.64. The molecular weight excluding hydrogens is 320 g/mol. The molecule has 2 aliphatic heterocycles. The minimum atomic E-state index is -3.29. The fraction of sp³-hybridized carbons (Fsp3) is 0.533. The molecule has 2 saturated heterocycles. The zero-order chi connectivity index (χ0) is 16.4. The van der Waals surface area contributed by atoms with Gasteiger partial charge in [0.15, 0.2) is 0 Å². The van der Waals surface area contributed by atoms with Gasteiger partial charge in [-0.2, -0.15) is 4.31 Å².